The minimum absolute atomic E-state index is 0.0645. The van der Waals surface area contributed by atoms with Gasteiger partial charge in [-0.15, -0.1) is 6.58 Å². The third-order valence-electron chi connectivity index (χ3n) is 0.489. The van der Waals surface area contributed by atoms with Crippen LogP contribution >= 0.6 is 7.82 Å². The maximum atomic E-state index is 10.3. The zero-order chi connectivity index (χ0) is 7.33. The fourth-order valence-corrected chi connectivity index (χ4v) is 0.532. The fourth-order valence-electron chi connectivity index (χ4n) is 0.177. The summed E-state index contributed by atoms with van der Waals surface area (Å²) in [5.74, 6) is 4.37. The quantitative estimate of drug-likeness (QED) is 0.342. The summed E-state index contributed by atoms with van der Waals surface area (Å²) in [6.07, 6.45) is 1.31. The molecule has 3 N–H and O–H groups in total. The molecule has 0 amide bonds. The Morgan fingerprint density at radius 3 is 2.78 bits per heavy atom. The van der Waals surface area contributed by atoms with Gasteiger partial charge in [0.2, 0.25) is 0 Å². The lowest BCUT2D eigenvalue weighted by Gasteiger charge is -2.04. The third kappa shape index (κ3) is 4.32. The maximum absolute atomic E-state index is 10.3. The van der Waals surface area contributed by atoms with Crippen LogP contribution in [0.3, 0.4) is 0 Å². The van der Waals surface area contributed by atoms with Crippen molar-refractivity contribution in [1.82, 2.24) is 0 Å². The van der Waals surface area contributed by atoms with E-state index in [1.54, 1.807) is 0 Å². The summed E-state index contributed by atoms with van der Waals surface area (Å²) in [7, 11) is -3.98. The largest absolute Gasteiger partial charge is 0.488 e. The molecular formula is C3H8NO4P. The minimum atomic E-state index is -3.98. The van der Waals surface area contributed by atoms with Crippen molar-refractivity contribution in [2.75, 3.05) is 6.61 Å². The normalized spacial score (nSPS) is 16.7. The van der Waals surface area contributed by atoms with Gasteiger partial charge in [-0.2, -0.15) is 0 Å². The number of phosphoric acid groups is 1. The fraction of sp³-hybridized carbons (Fsp3) is 0.333. The second-order valence-electron chi connectivity index (χ2n) is 1.16. The average molecular weight is 153 g/mol. The molecule has 0 aromatic carbocycles. The van der Waals surface area contributed by atoms with Gasteiger partial charge in [0, 0.05) is 0 Å². The first-order valence-electron chi connectivity index (χ1n) is 2.09. The van der Waals surface area contributed by atoms with Crippen molar-refractivity contribution in [3.63, 3.8) is 0 Å². The van der Waals surface area contributed by atoms with Crippen LogP contribution in [0, 0.1) is 0 Å². The molecule has 5 nitrogen and oxygen atoms in total. The lowest BCUT2D eigenvalue weighted by atomic mass is 10.7. The van der Waals surface area contributed by atoms with Crippen molar-refractivity contribution in [2.24, 2.45) is 5.90 Å². The second kappa shape index (κ2) is 3.76. The molecule has 0 aromatic heterocycles. The molecular weight excluding hydrogens is 145 g/mol. The molecule has 0 fully saturated rings. The maximum Gasteiger partial charge on any atom is 0.488 e. The van der Waals surface area contributed by atoms with Crippen LogP contribution in [0.15, 0.2) is 12.7 Å². The lowest BCUT2D eigenvalue weighted by molar-refractivity contribution is 0.163. The van der Waals surface area contributed by atoms with E-state index in [9.17, 15) is 4.57 Å². The smallest absolute Gasteiger partial charge is 0.301 e. The number of nitrogens with two attached hydrogens (primary N) is 1. The molecule has 0 aliphatic carbocycles. The van der Waals surface area contributed by atoms with Gasteiger partial charge in [-0.05, 0) is 0 Å². The summed E-state index contributed by atoms with van der Waals surface area (Å²) >= 11 is 0. The number of rotatable bonds is 4. The molecule has 0 saturated heterocycles. The summed E-state index contributed by atoms with van der Waals surface area (Å²) in [6.45, 7) is 3.18. The average Bonchev–Trinajstić information content (AvgIpc) is 1.84. The van der Waals surface area contributed by atoms with E-state index in [0.717, 1.165) is 0 Å². The highest BCUT2D eigenvalue weighted by molar-refractivity contribution is 7.47. The second-order valence-corrected chi connectivity index (χ2v) is 2.56. The van der Waals surface area contributed by atoms with Gasteiger partial charge in [-0.3, -0.25) is 4.52 Å². The molecule has 1 unspecified atom stereocenters. The van der Waals surface area contributed by atoms with Crippen LogP contribution in [0.5, 0.6) is 0 Å². The standard InChI is InChI=1S/C3H8NO4P/c1-2-3-7-9(5,6)8-4/h2H,1,3-4H2,(H,5,6). The van der Waals surface area contributed by atoms with Crippen LogP contribution in [0.25, 0.3) is 0 Å². The van der Waals surface area contributed by atoms with Crippen molar-refractivity contribution in [2.45, 2.75) is 0 Å². The van der Waals surface area contributed by atoms with E-state index in [4.69, 9.17) is 4.89 Å². The zero-order valence-corrected chi connectivity index (χ0v) is 5.58. The molecule has 0 heterocycles. The lowest BCUT2D eigenvalue weighted by Crippen LogP contribution is -1.99. The Balaban J connectivity index is 3.58. The van der Waals surface area contributed by atoms with Gasteiger partial charge in [-0.25, -0.2) is 15.1 Å². The Kier molecular flexibility index (Phi) is 3.68. The Bertz CT molecular complexity index is 136. The molecule has 0 aliphatic rings. The Morgan fingerprint density at radius 1 is 1.89 bits per heavy atom. The van der Waals surface area contributed by atoms with Crippen LogP contribution in [0.2, 0.25) is 0 Å². The summed E-state index contributed by atoms with van der Waals surface area (Å²) in [4.78, 5) is 8.39. The van der Waals surface area contributed by atoms with Gasteiger partial charge in [0.05, 0.1) is 6.61 Å². The first-order valence-corrected chi connectivity index (χ1v) is 3.58. The third-order valence-corrected chi connectivity index (χ3v) is 1.23. The minimum Gasteiger partial charge on any atom is -0.301 e. The Hall–Kier alpha value is -0.190. The van der Waals surface area contributed by atoms with Crippen LogP contribution in [0.4, 0.5) is 0 Å². The predicted octanol–water partition coefficient (Wildman–Crippen LogP) is 0.180. The van der Waals surface area contributed by atoms with Crippen molar-refractivity contribution in [3.05, 3.63) is 12.7 Å². The summed E-state index contributed by atoms with van der Waals surface area (Å²) in [5.41, 5.74) is 0. The summed E-state index contributed by atoms with van der Waals surface area (Å²) in [5, 5.41) is 0. The van der Waals surface area contributed by atoms with Crippen molar-refractivity contribution < 1.29 is 18.6 Å². The molecule has 0 aromatic rings. The van der Waals surface area contributed by atoms with Gasteiger partial charge in [0.1, 0.15) is 0 Å². The monoisotopic (exact) mass is 153 g/mol. The van der Waals surface area contributed by atoms with Crippen molar-refractivity contribution in [1.29, 1.82) is 0 Å². The first kappa shape index (κ1) is 8.81. The van der Waals surface area contributed by atoms with E-state index in [2.05, 4.69) is 21.6 Å². The first-order chi connectivity index (χ1) is 4.12. The highest BCUT2D eigenvalue weighted by Gasteiger charge is 2.17. The Labute approximate surface area is 52.6 Å². The van der Waals surface area contributed by atoms with E-state index in [1.165, 1.54) is 6.08 Å². The highest BCUT2D eigenvalue weighted by Crippen LogP contribution is 2.40. The predicted molar refractivity (Wildman–Crippen MR) is 31.2 cm³/mol. The molecule has 0 saturated carbocycles. The van der Waals surface area contributed by atoms with Crippen molar-refractivity contribution in [3.8, 4) is 0 Å². The van der Waals surface area contributed by atoms with Gasteiger partial charge in [0.25, 0.3) is 0 Å². The zero-order valence-electron chi connectivity index (χ0n) is 4.69. The molecule has 0 spiro atoms. The van der Waals surface area contributed by atoms with Gasteiger partial charge in [0.15, 0.2) is 0 Å². The van der Waals surface area contributed by atoms with Gasteiger partial charge in [-0.1, -0.05) is 6.08 Å². The molecule has 0 aliphatic heterocycles. The Morgan fingerprint density at radius 2 is 2.44 bits per heavy atom. The van der Waals surface area contributed by atoms with Gasteiger partial charge >= 0.3 is 7.82 Å². The summed E-state index contributed by atoms with van der Waals surface area (Å²) in [6, 6.07) is 0. The SMILES string of the molecule is C=CCOP(=O)(O)ON. The van der Waals surface area contributed by atoms with Crippen LogP contribution < -0.4 is 5.90 Å². The van der Waals surface area contributed by atoms with E-state index < -0.39 is 7.82 Å². The van der Waals surface area contributed by atoms with E-state index in [-0.39, 0.29) is 6.61 Å². The number of phosphoric ester groups is 1. The van der Waals surface area contributed by atoms with Crippen LogP contribution in [0.1, 0.15) is 0 Å². The van der Waals surface area contributed by atoms with Crippen LogP contribution in [-0.4, -0.2) is 11.5 Å². The molecule has 6 heteroatoms. The highest BCUT2D eigenvalue weighted by atomic mass is 31.2. The topological polar surface area (TPSA) is 81.8 Å². The molecule has 0 radical (unpaired) electrons. The van der Waals surface area contributed by atoms with Gasteiger partial charge < -0.3 is 4.89 Å². The number of hydrogen-bond acceptors (Lipinski definition) is 4. The van der Waals surface area contributed by atoms with E-state index in [1.807, 2.05) is 0 Å². The summed E-state index contributed by atoms with van der Waals surface area (Å²) < 4.78 is 18.0. The van der Waals surface area contributed by atoms with E-state index >= 15 is 0 Å². The molecule has 9 heavy (non-hydrogen) atoms. The van der Waals surface area contributed by atoms with E-state index in [0.29, 0.717) is 0 Å². The number of hydrogen-bond donors (Lipinski definition) is 2. The molecule has 0 rings (SSSR count). The molecule has 1 atom stereocenters. The van der Waals surface area contributed by atoms with Crippen LogP contribution in [-0.2, 0) is 13.7 Å². The molecule has 0 bridgehead atoms. The van der Waals surface area contributed by atoms with Crippen molar-refractivity contribution >= 4 is 7.82 Å². The molecule has 54 valence electrons.